The van der Waals surface area contributed by atoms with Gasteiger partial charge >= 0.3 is 0 Å². The Bertz CT molecular complexity index is 218. The van der Waals surface area contributed by atoms with E-state index in [0.29, 0.717) is 19.4 Å². The Kier molecular flexibility index (Phi) is 6.41. The lowest BCUT2D eigenvalue weighted by molar-refractivity contribution is -0.130. The van der Waals surface area contributed by atoms with E-state index in [1.807, 2.05) is 0 Å². The monoisotopic (exact) mass is 178 g/mol. The first kappa shape index (κ1) is 11.6. The number of terminal acetylenes is 2. The molecule has 0 rings (SSSR count). The standard InChI is InChI=1S/C10H14N2O/c1-3-8-12(9-4-2)10(13)6-5-7-11/h1-2H,5-9,11H2. The second-order valence-corrected chi connectivity index (χ2v) is 2.55. The van der Waals surface area contributed by atoms with E-state index in [9.17, 15) is 4.79 Å². The Labute approximate surface area is 79.3 Å². The van der Waals surface area contributed by atoms with E-state index in [1.165, 1.54) is 4.90 Å². The SMILES string of the molecule is C#CCN(CC#C)C(=O)CCCN. The number of rotatable bonds is 5. The number of nitrogens with zero attached hydrogens (tertiary/aromatic N) is 1. The highest BCUT2D eigenvalue weighted by molar-refractivity contribution is 5.76. The Morgan fingerprint density at radius 1 is 1.31 bits per heavy atom. The lowest BCUT2D eigenvalue weighted by Gasteiger charge is -2.16. The molecule has 0 spiro atoms. The van der Waals surface area contributed by atoms with Gasteiger partial charge < -0.3 is 10.6 Å². The average Bonchev–Trinajstić information content (AvgIpc) is 2.14. The van der Waals surface area contributed by atoms with Gasteiger partial charge in [0.1, 0.15) is 0 Å². The molecule has 13 heavy (non-hydrogen) atoms. The predicted molar refractivity (Wildman–Crippen MR) is 52.5 cm³/mol. The van der Waals surface area contributed by atoms with Crippen LogP contribution >= 0.6 is 0 Å². The van der Waals surface area contributed by atoms with E-state index in [4.69, 9.17) is 18.6 Å². The summed E-state index contributed by atoms with van der Waals surface area (Å²) >= 11 is 0. The summed E-state index contributed by atoms with van der Waals surface area (Å²) in [6, 6.07) is 0. The van der Waals surface area contributed by atoms with Crippen LogP contribution in [0.5, 0.6) is 0 Å². The molecular formula is C10H14N2O. The third-order valence-corrected chi connectivity index (χ3v) is 1.51. The van der Waals surface area contributed by atoms with Gasteiger partial charge in [-0.05, 0) is 13.0 Å². The molecule has 0 atom stereocenters. The number of amides is 1. The van der Waals surface area contributed by atoms with Crippen molar-refractivity contribution in [2.45, 2.75) is 12.8 Å². The molecule has 0 saturated heterocycles. The molecule has 3 heteroatoms. The van der Waals surface area contributed by atoms with Gasteiger partial charge in [-0.3, -0.25) is 4.79 Å². The molecule has 0 aliphatic heterocycles. The highest BCUT2D eigenvalue weighted by Crippen LogP contribution is 1.95. The molecule has 0 saturated carbocycles. The molecule has 0 unspecified atom stereocenters. The first-order valence-corrected chi connectivity index (χ1v) is 4.11. The Morgan fingerprint density at radius 3 is 2.23 bits per heavy atom. The number of nitrogens with two attached hydrogens (primary N) is 1. The van der Waals surface area contributed by atoms with Crippen molar-refractivity contribution in [3.8, 4) is 24.7 Å². The molecule has 3 nitrogen and oxygen atoms in total. The highest BCUT2D eigenvalue weighted by Gasteiger charge is 2.09. The third kappa shape index (κ3) is 4.90. The number of carbonyl (C=O) groups excluding carboxylic acids is 1. The summed E-state index contributed by atoms with van der Waals surface area (Å²) in [5.74, 6) is 4.75. The van der Waals surface area contributed by atoms with Crippen LogP contribution in [-0.4, -0.2) is 30.4 Å². The summed E-state index contributed by atoms with van der Waals surface area (Å²) in [6.07, 6.45) is 11.3. The molecule has 0 heterocycles. The van der Waals surface area contributed by atoms with Gasteiger partial charge in [0.25, 0.3) is 0 Å². The molecule has 0 aliphatic carbocycles. The molecular weight excluding hydrogens is 164 g/mol. The number of carbonyl (C=O) groups is 1. The van der Waals surface area contributed by atoms with Crippen LogP contribution in [0.1, 0.15) is 12.8 Å². The topological polar surface area (TPSA) is 46.3 Å². The summed E-state index contributed by atoms with van der Waals surface area (Å²) in [4.78, 5) is 12.8. The minimum atomic E-state index is -0.0265. The maximum absolute atomic E-state index is 11.4. The van der Waals surface area contributed by atoms with Crippen molar-refractivity contribution in [3.05, 3.63) is 0 Å². The van der Waals surface area contributed by atoms with Crippen LogP contribution in [-0.2, 0) is 4.79 Å². The summed E-state index contributed by atoms with van der Waals surface area (Å²) in [7, 11) is 0. The van der Waals surface area contributed by atoms with E-state index >= 15 is 0 Å². The fourth-order valence-electron chi connectivity index (χ4n) is 0.864. The second-order valence-electron chi connectivity index (χ2n) is 2.55. The van der Waals surface area contributed by atoms with Crippen molar-refractivity contribution in [1.82, 2.24) is 4.90 Å². The fourth-order valence-corrected chi connectivity index (χ4v) is 0.864. The van der Waals surface area contributed by atoms with Gasteiger partial charge in [-0.15, -0.1) is 12.8 Å². The zero-order valence-electron chi connectivity index (χ0n) is 7.62. The van der Waals surface area contributed by atoms with Crippen molar-refractivity contribution in [2.75, 3.05) is 19.6 Å². The summed E-state index contributed by atoms with van der Waals surface area (Å²) in [5, 5.41) is 0. The van der Waals surface area contributed by atoms with Gasteiger partial charge in [0, 0.05) is 6.42 Å². The minimum Gasteiger partial charge on any atom is -0.330 e. The van der Waals surface area contributed by atoms with Gasteiger partial charge in [0.15, 0.2) is 0 Å². The van der Waals surface area contributed by atoms with Crippen LogP contribution in [0.4, 0.5) is 0 Å². The maximum atomic E-state index is 11.4. The van der Waals surface area contributed by atoms with Crippen molar-refractivity contribution < 1.29 is 4.79 Å². The van der Waals surface area contributed by atoms with Crippen LogP contribution < -0.4 is 5.73 Å². The normalized spacial score (nSPS) is 8.54. The molecule has 70 valence electrons. The fraction of sp³-hybridized carbons (Fsp3) is 0.500. The van der Waals surface area contributed by atoms with E-state index in [2.05, 4.69) is 11.8 Å². The van der Waals surface area contributed by atoms with Gasteiger partial charge in [-0.2, -0.15) is 0 Å². The number of hydrogen-bond donors (Lipinski definition) is 1. The molecule has 0 bridgehead atoms. The van der Waals surface area contributed by atoms with Crippen molar-refractivity contribution in [1.29, 1.82) is 0 Å². The van der Waals surface area contributed by atoms with Crippen LogP contribution in [0.25, 0.3) is 0 Å². The van der Waals surface area contributed by atoms with E-state index in [1.54, 1.807) is 0 Å². The zero-order chi connectivity index (χ0) is 10.1. The molecule has 1 amide bonds. The summed E-state index contributed by atoms with van der Waals surface area (Å²) in [6.45, 7) is 1.05. The quantitative estimate of drug-likeness (QED) is 0.594. The molecule has 0 aliphatic rings. The maximum Gasteiger partial charge on any atom is 0.224 e. The highest BCUT2D eigenvalue weighted by atomic mass is 16.2. The van der Waals surface area contributed by atoms with Crippen molar-refractivity contribution >= 4 is 5.91 Å². The summed E-state index contributed by atoms with van der Waals surface area (Å²) < 4.78 is 0. The molecule has 0 aromatic carbocycles. The van der Waals surface area contributed by atoms with Crippen LogP contribution in [0, 0.1) is 24.7 Å². The number of hydrogen-bond acceptors (Lipinski definition) is 2. The largest absolute Gasteiger partial charge is 0.330 e. The van der Waals surface area contributed by atoms with Crippen LogP contribution in [0.15, 0.2) is 0 Å². The van der Waals surface area contributed by atoms with Gasteiger partial charge in [0.2, 0.25) is 5.91 Å². The lowest BCUT2D eigenvalue weighted by atomic mass is 10.2. The van der Waals surface area contributed by atoms with E-state index < -0.39 is 0 Å². The zero-order valence-corrected chi connectivity index (χ0v) is 7.62. The van der Waals surface area contributed by atoms with Crippen LogP contribution in [0.2, 0.25) is 0 Å². The van der Waals surface area contributed by atoms with Gasteiger partial charge in [0.05, 0.1) is 13.1 Å². The third-order valence-electron chi connectivity index (χ3n) is 1.51. The molecule has 2 N–H and O–H groups in total. The molecule has 0 aromatic heterocycles. The van der Waals surface area contributed by atoms with E-state index in [0.717, 1.165) is 0 Å². The Hall–Kier alpha value is -1.45. The summed E-state index contributed by atoms with van der Waals surface area (Å²) in [5.41, 5.74) is 5.27. The van der Waals surface area contributed by atoms with Gasteiger partial charge in [-0.25, -0.2) is 0 Å². The Balaban J connectivity index is 3.98. The average molecular weight is 178 g/mol. The first-order valence-electron chi connectivity index (χ1n) is 4.11. The Morgan fingerprint density at radius 2 is 1.85 bits per heavy atom. The second kappa shape index (κ2) is 7.21. The van der Waals surface area contributed by atoms with Crippen molar-refractivity contribution in [3.63, 3.8) is 0 Å². The molecule has 0 fully saturated rings. The van der Waals surface area contributed by atoms with Crippen LogP contribution in [0.3, 0.4) is 0 Å². The first-order chi connectivity index (χ1) is 6.26. The minimum absolute atomic E-state index is 0.0265. The van der Waals surface area contributed by atoms with Gasteiger partial charge in [-0.1, -0.05) is 11.8 Å². The molecule has 0 aromatic rings. The lowest BCUT2D eigenvalue weighted by Crippen LogP contribution is -2.31. The predicted octanol–water partition coefficient (Wildman–Crippen LogP) is -0.180. The van der Waals surface area contributed by atoms with Crippen molar-refractivity contribution in [2.24, 2.45) is 5.73 Å². The smallest absolute Gasteiger partial charge is 0.224 e. The van der Waals surface area contributed by atoms with E-state index in [-0.39, 0.29) is 19.0 Å². The molecule has 0 radical (unpaired) electrons.